The Hall–Kier alpha value is -1.06. The predicted octanol–water partition coefficient (Wildman–Crippen LogP) is 1.06. The van der Waals surface area contributed by atoms with E-state index in [0.29, 0.717) is 13.0 Å². The molecule has 78 valence electrons. The molecule has 1 aromatic carbocycles. The standard InChI is InChI=1S/C11H16O3/c12-7-6-10(8-13)9-14-11-4-2-1-3-5-11/h1-5,10,12-13H,6-9H2. The van der Waals surface area contributed by atoms with Gasteiger partial charge in [-0.15, -0.1) is 0 Å². The smallest absolute Gasteiger partial charge is 0.119 e. The van der Waals surface area contributed by atoms with Crippen molar-refractivity contribution in [2.75, 3.05) is 19.8 Å². The van der Waals surface area contributed by atoms with E-state index in [1.54, 1.807) is 0 Å². The summed E-state index contributed by atoms with van der Waals surface area (Å²) in [5.41, 5.74) is 0. The lowest BCUT2D eigenvalue weighted by atomic mass is 10.1. The summed E-state index contributed by atoms with van der Waals surface area (Å²) in [6.07, 6.45) is 0.573. The van der Waals surface area contributed by atoms with Crippen LogP contribution in [-0.2, 0) is 0 Å². The van der Waals surface area contributed by atoms with Crippen molar-refractivity contribution in [1.29, 1.82) is 0 Å². The highest BCUT2D eigenvalue weighted by Crippen LogP contribution is 2.11. The van der Waals surface area contributed by atoms with Crippen LogP contribution in [0.5, 0.6) is 5.75 Å². The Bertz CT molecular complexity index is 236. The van der Waals surface area contributed by atoms with Crippen LogP contribution in [0.3, 0.4) is 0 Å². The molecule has 3 nitrogen and oxygen atoms in total. The number of para-hydroxylation sites is 1. The van der Waals surface area contributed by atoms with E-state index in [1.165, 1.54) is 0 Å². The second-order valence-corrected chi connectivity index (χ2v) is 3.18. The average Bonchev–Trinajstić information content (AvgIpc) is 2.25. The Morgan fingerprint density at radius 1 is 1.14 bits per heavy atom. The fourth-order valence-electron chi connectivity index (χ4n) is 1.14. The topological polar surface area (TPSA) is 49.7 Å². The van der Waals surface area contributed by atoms with Gasteiger partial charge in [0, 0.05) is 19.1 Å². The van der Waals surface area contributed by atoms with E-state index in [-0.39, 0.29) is 19.1 Å². The number of benzene rings is 1. The van der Waals surface area contributed by atoms with Crippen molar-refractivity contribution < 1.29 is 14.9 Å². The first-order chi connectivity index (χ1) is 6.86. The van der Waals surface area contributed by atoms with Gasteiger partial charge in [-0.2, -0.15) is 0 Å². The molecular weight excluding hydrogens is 180 g/mol. The number of hydrogen-bond donors (Lipinski definition) is 2. The lowest BCUT2D eigenvalue weighted by molar-refractivity contribution is 0.134. The molecular formula is C11H16O3. The molecule has 0 heterocycles. The molecule has 1 unspecified atom stereocenters. The van der Waals surface area contributed by atoms with Crippen LogP contribution in [0.2, 0.25) is 0 Å². The Morgan fingerprint density at radius 3 is 2.43 bits per heavy atom. The molecule has 0 fully saturated rings. The minimum absolute atomic E-state index is 0.0141. The molecule has 2 N–H and O–H groups in total. The molecule has 0 aliphatic carbocycles. The predicted molar refractivity (Wildman–Crippen MR) is 54.2 cm³/mol. The van der Waals surface area contributed by atoms with Gasteiger partial charge in [-0.05, 0) is 18.6 Å². The van der Waals surface area contributed by atoms with E-state index in [2.05, 4.69) is 0 Å². The highest BCUT2D eigenvalue weighted by Gasteiger charge is 2.07. The van der Waals surface area contributed by atoms with Crippen LogP contribution < -0.4 is 4.74 Å². The van der Waals surface area contributed by atoms with E-state index < -0.39 is 0 Å². The molecule has 0 saturated carbocycles. The summed E-state index contributed by atoms with van der Waals surface area (Å²) in [5, 5.41) is 17.6. The number of hydrogen-bond acceptors (Lipinski definition) is 3. The van der Waals surface area contributed by atoms with Crippen LogP contribution >= 0.6 is 0 Å². The Balaban J connectivity index is 2.32. The monoisotopic (exact) mass is 196 g/mol. The number of aliphatic hydroxyl groups is 2. The largest absolute Gasteiger partial charge is 0.493 e. The van der Waals surface area contributed by atoms with Gasteiger partial charge in [0.05, 0.1) is 6.61 Å². The molecule has 0 spiro atoms. The quantitative estimate of drug-likeness (QED) is 0.715. The van der Waals surface area contributed by atoms with Crippen molar-refractivity contribution in [3.05, 3.63) is 30.3 Å². The second-order valence-electron chi connectivity index (χ2n) is 3.18. The van der Waals surface area contributed by atoms with Gasteiger partial charge in [0.1, 0.15) is 5.75 Å². The molecule has 0 aliphatic rings. The van der Waals surface area contributed by atoms with Gasteiger partial charge < -0.3 is 14.9 Å². The van der Waals surface area contributed by atoms with E-state index in [9.17, 15) is 0 Å². The zero-order valence-electron chi connectivity index (χ0n) is 8.10. The first-order valence-corrected chi connectivity index (χ1v) is 4.76. The van der Waals surface area contributed by atoms with Crippen LogP contribution in [0.4, 0.5) is 0 Å². The third kappa shape index (κ3) is 3.77. The molecule has 1 aromatic rings. The third-order valence-electron chi connectivity index (χ3n) is 2.02. The molecule has 0 radical (unpaired) electrons. The Labute approximate surface area is 84.0 Å². The van der Waals surface area contributed by atoms with Gasteiger partial charge in [-0.1, -0.05) is 18.2 Å². The Kier molecular flexibility index (Phi) is 5.04. The van der Waals surface area contributed by atoms with Gasteiger partial charge in [0.25, 0.3) is 0 Å². The maximum Gasteiger partial charge on any atom is 0.119 e. The molecule has 0 aromatic heterocycles. The van der Waals surface area contributed by atoms with Gasteiger partial charge >= 0.3 is 0 Å². The SMILES string of the molecule is OCCC(CO)COc1ccccc1. The van der Waals surface area contributed by atoms with E-state index in [1.807, 2.05) is 30.3 Å². The molecule has 0 amide bonds. The summed E-state index contributed by atoms with van der Waals surface area (Å²) in [6, 6.07) is 9.45. The van der Waals surface area contributed by atoms with Crippen LogP contribution in [-0.4, -0.2) is 30.0 Å². The first kappa shape index (κ1) is 11.0. The summed E-state index contributed by atoms with van der Waals surface area (Å²) in [5.74, 6) is 0.809. The number of aliphatic hydroxyl groups excluding tert-OH is 2. The van der Waals surface area contributed by atoms with Crippen LogP contribution in [0.1, 0.15) is 6.42 Å². The molecule has 1 atom stereocenters. The summed E-state index contributed by atoms with van der Waals surface area (Å²) in [6.45, 7) is 0.581. The highest BCUT2D eigenvalue weighted by molar-refractivity contribution is 5.20. The lowest BCUT2D eigenvalue weighted by Crippen LogP contribution is -2.17. The average molecular weight is 196 g/mol. The minimum atomic E-state index is 0.0141. The van der Waals surface area contributed by atoms with Crippen molar-refractivity contribution in [3.8, 4) is 5.75 Å². The zero-order valence-corrected chi connectivity index (χ0v) is 8.10. The Morgan fingerprint density at radius 2 is 1.86 bits per heavy atom. The molecule has 14 heavy (non-hydrogen) atoms. The van der Waals surface area contributed by atoms with Gasteiger partial charge in [0.15, 0.2) is 0 Å². The molecule has 0 saturated heterocycles. The maximum atomic E-state index is 8.94. The molecule has 0 bridgehead atoms. The normalized spacial score (nSPS) is 12.4. The zero-order chi connectivity index (χ0) is 10.2. The maximum absolute atomic E-state index is 8.94. The minimum Gasteiger partial charge on any atom is -0.493 e. The molecule has 3 heteroatoms. The van der Waals surface area contributed by atoms with Crippen molar-refractivity contribution in [1.82, 2.24) is 0 Å². The van der Waals surface area contributed by atoms with Gasteiger partial charge in [-0.3, -0.25) is 0 Å². The van der Waals surface area contributed by atoms with Gasteiger partial charge in [0.2, 0.25) is 0 Å². The van der Waals surface area contributed by atoms with Crippen LogP contribution in [0.15, 0.2) is 30.3 Å². The fourth-order valence-corrected chi connectivity index (χ4v) is 1.14. The number of ether oxygens (including phenoxy) is 1. The van der Waals surface area contributed by atoms with E-state index in [0.717, 1.165) is 5.75 Å². The van der Waals surface area contributed by atoms with Crippen molar-refractivity contribution in [2.45, 2.75) is 6.42 Å². The number of rotatable bonds is 6. The van der Waals surface area contributed by atoms with Crippen molar-refractivity contribution in [3.63, 3.8) is 0 Å². The third-order valence-corrected chi connectivity index (χ3v) is 2.02. The molecule has 1 rings (SSSR count). The van der Waals surface area contributed by atoms with Crippen molar-refractivity contribution >= 4 is 0 Å². The lowest BCUT2D eigenvalue weighted by Gasteiger charge is -2.13. The summed E-state index contributed by atoms with van der Waals surface area (Å²) in [4.78, 5) is 0. The summed E-state index contributed by atoms with van der Waals surface area (Å²) >= 11 is 0. The fraction of sp³-hybridized carbons (Fsp3) is 0.455. The van der Waals surface area contributed by atoms with Gasteiger partial charge in [-0.25, -0.2) is 0 Å². The van der Waals surface area contributed by atoms with E-state index >= 15 is 0 Å². The highest BCUT2D eigenvalue weighted by atomic mass is 16.5. The van der Waals surface area contributed by atoms with Crippen LogP contribution in [0, 0.1) is 5.92 Å². The summed E-state index contributed by atoms with van der Waals surface area (Å²) in [7, 11) is 0. The summed E-state index contributed by atoms with van der Waals surface area (Å²) < 4.78 is 5.44. The molecule has 0 aliphatic heterocycles. The van der Waals surface area contributed by atoms with E-state index in [4.69, 9.17) is 14.9 Å². The van der Waals surface area contributed by atoms with Crippen molar-refractivity contribution in [2.24, 2.45) is 5.92 Å². The first-order valence-electron chi connectivity index (χ1n) is 4.76. The van der Waals surface area contributed by atoms with Crippen LogP contribution in [0.25, 0.3) is 0 Å². The second kappa shape index (κ2) is 6.40.